The van der Waals surface area contributed by atoms with Crippen molar-refractivity contribution in [1.82, 2.24) is 9.88 Å². The van der Waals surface area contributed by atoms with Crippen LogP contribution >= 0.6 is 11.6 Å². The Morgan fingerprint density at radius 3 is 2.60 bits per heavy atom. The minimum atomic E-state index is -0.704. The first kappa shape index (κ1) is 19.9. The van der Waals surface area contributed by atoms with Crippen LogP contribution in [0.3, 0.4) is 0 Å². The number of alkyl halides is 1. The van der Waals surface area contributed by atoms with Crippen molar-refractivity contribution in [3.63, 3.8) is 0 Å². The molecule has 3 heterocycles. The summed E-state index contributed by atoms with van der Waals surface area (Å²) in [5.41, 5.74) is 6.03. The number of hydrogen-bond acceptors (Lipinski definition) is 4. The molecule has 0 spiro atoms. The fourth-order valence-electron chi connectivity index (χ4n) is 5.05. The number of nitrogens with zero attached hydrogens (tertiary/aromatic N) is 2. The number of aromatic amines is 1. The fraction of sp³-hybridized carbons (Fsp3) is 0.417. The molecule has 2 aliphatic heterocycles. The van der Waals surface area contributed by atoms with Gasteiger partial charge < -0.3 is 19.7 Å². The van der Waals surface area contributed by atoms with Crippen molar-refractivity contribution in [2.45, 2.75) is 31.7 Å². The van der Waals surface area contributed by atoms with Crippen molar-refractivity contribution in [1.29, 1.82) is 0 Å². The third-order valence-electron chi connectivity index (χ3n) is 6.49. The van der Waals surface area contributed by atoms with Gasteiger partial charge in [0, 0.05) is 41.4 Å². The summed E-state index contributed by atoms with van der Waals surface area (Å²) in [7, 11) is 0. The molecule has 158 valence electrons. The van der Waals surface area contributed by atoms with E-state index in [0.717, 1.165) is 49.5 Å². The van der Waals surface area contributed by atoms with Crippen molar-refractivity contribution >= 4 is 28.2 Å². The van der Waals surface area contributed by atoms with E-state index in [1.54, 1.807) is 0 Å². The number of rotatable bonds is 4. The SMILES string of the molecule is C[C@H]1Cc2c([nH]c3ccccc23)[C@H](c2ccc(N3CCOCC3)cc2)N1C(O)CCl. The van der Waals surface area contributed by atoms with Gasteiger partial charge in [0.2, 0.25) is 0 Å². The number of anilines is 1. The highest BCUT2D eigenvalue weighted by atomic mass is 35.5. The van der Waals surface area contributed by atoms with E-state index in [1.807, 2.05) is 0 Å². The van der Waals surface area contributed by atoms with Crippen molar-refractivity contribution in [3.8, 4) is 0 Å². The minimum absolute atomic E-state index is 0.0661. The second-order valence-corrected chi connectivity index (χ2v) is 8.60. The average Bonchev–Trinajstić information content (AvgIpc) is 3.16. The molecule has 2 aliphatic rings. The lowest BCUT2D eigenvalue weighted by Gasteiger charge is -2.43. The number of benzene rings is 2. The van der Waals surface area contributed by atoms with Gasteiger partial charge in [0.05, 0.1) is 25.1 Å². The van der Waals surface area contributed by atoms with Crippen LogP contribution in [0.15, 0.2) is 48.5 Å². The number of H-pyrrole nitrogens is 1. The normalized spacial score (nSPS) is 23.5. The van der Waals surface area contributed by atoms with Crippen LogP contribution in [-0.4, -0.2) is 59.4 Å². The lowest BCUT2D eigenvalue weighted by atomic mass is 9.88. The number of fused-ring (bicyclic) bond motifs is 3. The van der Waals surface area contributed by atoms with E-state index in [1.165, 1.54) is 16.6 Å². The summed E-state index contributed by atoms with van der Waals surface area (Å²) in [5, 5.41) is 12.1. The van der Waals surface area contributed by atoms with Gasteiger partial charge in [-0.05, 0) is 42.7 Å². The van der Waals surface area contributed by atoms with Crippen molar-refractivity contribution in [2.24, 2.45) is 0 Å². The number of aliphatic hydroxyl groups excluding tert-OH is 1. The highest BCUT2D eigenvalue weighted by Crippen LogP contribution is 2.42. The van der Waals surface area contributed by atoms with Crippen LogP contribution in [0, 0.1) is 0 Å². The number of aromatic nitrogens is 1. The molecular formula is C24H28ClN3O2. The maximum absolute atomic E-state index is 10.8. The summed E-state index contributed by atoms with van der Waals surface area (Å²) in [6, 6.07) is 17.3. The lowest BCUT2D eigenvalue weighted by Crippen LogP contribution is -2.49. The van der Waals surface area contributed by atoms with Crippen LogP contribution in [0.1, 0.15) is 29.8 Å². The number of para-hydroxylation sites is 1. The van der Waals surface area contributed by atoms with Crippen molar-refractivity contribution < 1.29 is 9.84 Å². The molecule has 2 aromatic carbocycles. The molecule has 1 unspecified atom stereocenters. The van der Waals surface area contributed by atoms with Gasteiger partial charge in [-0.25, -0.2) is 0 Å². The van der Waals surface area contributed by atoms with Crippen LogP contribution in [0.4, 0.5) is 5.69 Å². The summed E-state index contributed by atoms with van der Waals surface area (Å²) in [4.78, 5) is 8.15. The molecule has 30 heavy (non-hydrogen) atoms. The summed E-state index contributed by atoms with van der Waals surface area (Å²) >= 11 is 6.12. The third-order valence-corrected chi connectivity index (χ3v) is 6.77. The summed E-state index contributed by atoms with van der Waals surface area (Å²) in [6.45, 7) is 5.56. The molecule has 3 aromatic rings. The van der Waals surface area contributed by atoms with Crippen LogP contribution in [0.2, 0.25) is 0 Å². The Morgan fingerprint density at radius 1 is 1.13 bits per heavy atom. The van der Waals surface area contributed by atoms with Crippen LogP contribution in [-0.2, 0) is 11.2 Å². The van der Waals surface area contributed by atoms with Crippen molar-refractivity contribution in [3.05, 3.63) is 65.4 Å². The number of halogens is 1. The molecule has 6 heteroatoms. The summed E-state index contributed by atoms with van der Waals surface area (Å²) < 4.78 is 5.48. The zero-order chi connectivity index (χ0) is 20.7. The number of aliphatic hydroxyl groups is 1. The second kappa shape index (κ2) is 8.23. The average molecular weight is 426 g/mol. The quantitative estimate of drug-likeness (QED) is 0.622. The predicted octanol–water partition coefficient (Wildman–Crippen LogP) is 3.90. The summed E-state index contributed by atoms with van der Waals surface area (Å²) in [6.07, 6.45) is 0.181. The second-order valence-electron chi connectivity index (χ2n) is 8.29. The molecule has 1 fully saturated rings. The van der Waals surface area contributed by atoms with Gasteiger partial charge >= 0.3 is 0 Å². The Hall–Kier alpha value is -2.05. The molecule has 5 rings (SSSR count). The standard InChI is InChI=1S/C24H28ClN3O2/c1-16-14-20-19-4-2-3-5-21(19)26-23(20)24(28(16)22(29)15-25)17-6-8-18(9-7-17)27-10-12-30-13-11-27/h2-9,16,22,24,26,29H,10-15H2,1H3/t16-,22?,24-/m0/s1. The van der Waals surface area contributed by atoms with E-state index in [9.17, 15) is 5.11 Å². The zero-order valence-electron chi connectivity index (χ0n) is 17.2. The molecule has 0 amide bonds. The van der Waals surface area contributed by atoms with Crippen LogP contribution in [0.25, 0.3) is 10.9 Å². The van der Waals surface area contributed by atoms with Gasteiger partial charge in [0.1, 0.15) is 6.23 Å². The van der Waals surface area contributed by atoms with Crippen LogP contribution in [0.5, 0.6) is 0 Å². The number of ether oxygens (including phenoxy) is 1. The Balaban J connectivity index is 1.58. The van der Waals surface area contributed by atoms with E-state index in [2.05, 4.69) is 70.2 Å². The molecule has 0 bridgehead atoms. The first-order chi connectivity index (χ1) is 14.7. The third kappa shape index (κ3) is 3.40. The molecule has 2 N–H and O–H groups in total. The maximum Gasteiger partial charge on any atom is 0.122 e. The van der Waals surface area contributed by atoms with E-state index in [4.69, 9.17) is 16.3 Å². The molecule has 0 radical (unpaired) electrons. The smallest absolute Gasteiger partial charge is 0.122 e. The largest absolute Gasteiger partial charge is 0.378 e. The van der Waals surface area contributed by atoms with Gasteiger partial charge in [-0.3, -0.25) is 4.90 Å². The van der Waals surface area contributed by atoms with E-state index in [-0.39, 0.29) is 18.0 Å². The maximum atomic E-state index is 10.8. The molecule has 0 aliphatic carbocycles. The minimum Gasteiger partial charge on any atom is -0.378 e. The highest BCUT2D eigenvalue weighted by Gasteiger charge is 2.38. The number of hydrogen-bond donors (Lipinski definition) is 2. The van der Waals surface area contributed by atoms with E-state index in [0.29, 0.717) is 0 Å². The Kier molecular flexibility index (Phi) is 5.46. The van der Waals surface area contributed by atoms with Gasteiger partial charge in [0.25, 0.3) is 0 Å². The Morgan fingerprint density at radius 2 is 1.87 bits per heavy atom. The molecule has 5 nitrogen and oxygen atoms in total. The lowest BCUT2D eigenvalue weighted by molar-refractivity contribution is -0.0324. The highest BCUT2D eigenvalue weighted by molar-refractivity contribution is 6.18. The number of nitrogens with one attached hydrogen (secondary N) is 1. The Labute approximate surface area is 182 Å². The zero-order valence-corrected chi connectivity index (χ0v) is 18.0. The van der Waals surface area contributed by atoms with E-state index >= 15 is 0 Å². The predicted molar refractivity (Wildman–Crippen MR) is 121 cm³/mol. The monoisotopic (exact) mass is 425 g/mol. The first-order valence-electron chi connectivity index (χ1n) is 10.7. The van der Waals surface area contributed by atoms with Crippen molar-refractivity contribution in [2.75, 3.05) is 37.1 Å². The first-order valence-corrected chi connectivity index (χ1v) is 11.2. The molecule has 1 aromatic heterocycles. The number of morpholine rings is 1. The summed E-state index contributed by atoms with van der Waals surface area (Å²) in [5.74, 6) is 0.183. The molecule has 3 atom stereocenters. The van der Waals surface area contributed by atoms with E-state index < -0.39 is 6.23 Å². The molecule has 0 saturated carbocycles. The van der Waals surface area contributed by atoms with Gasteiger partial charge in [0.15, 0.2) is 0 Å². The van der Waals surface area contributed by atoms with Gasteiger partial charge in [-0.15, -0.1) is 11.6 Å². The van der Waals surface area contributed by atoms with Crippen LogP contribution < -0.4 is 4.90 Å². The van der Waals surface area contributed by atoms with Gasteiger partial charge in [-0.1, -0.05) is 30.3 Å². The molecular weight excluding hydrogens is 398 g/mol. The molecule has 1 saturated heterocycles. The fourth-order valence-corrected chi connectivity index (χ4v) is 5.21. The van der Waals surface area contributed by atoms with Gasteiger partial charge in [-0.2, -0.15) is 0 Å². The Bertz CT molecular complexity index is 1010. The topological polar surface area (TPSA) is 51.7 Å².